The molecule has 180 valence electrons. The van der Waals surface area contributed by atoms with Gasteiger partial charge in [0.15, 0.2) is 11.6 Å². The summed E-state index contributed by atoms with van der Waals surface area (Å²) in [7, 11) is 0. The van der Waals surface area contributed by atoms with E-state index in [9.17, 15) is 14.4 Å². The van der Waals surface area contributed by atoms with Gasteiger partial charge in [0.05, 0.1) is 40.2 Å². The smallest absolute Gasteiger partial charge is 0.282 e. The van der Waals surface area contributed by atoms with Crippen molar-refractivity contribution in [1.29, 1.82) is 0 Å². The van der Waals surface area contributed by atoms with E-state index in [1.807, 2.05) is 0 Å². The molecule has 3 heterocycles. The maximum Gasteiger partial charge on any atom is 0.282 e. The lowest BCUT2D eigenvalue weighted by atomic mass is 9.72. The highest BCUT2D eigenvalue weighted by Gasteiger charge is 2.42. The lowest BCUT2D eigenvalue weighted by Gasteiger charge is -2.28. The van der Waals surface area contributed by atoms with Crippen molar-refractivity contribution in [3.63, 3.8) is 0 Å². The Bertz CT molecular complexity index is 1660. The molecule has 0 spiro atoms. The number of hydrogen-bond acceptors (Lipinski definition) is 7. The topological polar surface area (TPSA) is 101 Å². The maximum atomic E-state index is 13.3. The van der Waals surface area contributed by atoms with E-state index >= 15 is 0 Å². The highest BCUT2D eigenvalue weighted by Crippen LogP contribution is 2.38. The standard InChI is InChI=1S/C24H16Cl3N6O3/c1-11-28-24(36)19-17(10-31-21(20(19)26)15(25)9-32(31)27)33(11)30-29-16-8-4-7-14-18(16)23(35)13-6-3-2-5-12(13)22(14)34/h2-8,10,12-13,15H,9H2,1H3/q+1/t12-,13-,15-/m1/s1. The third kappa shape index (κ3) is 3.27. The molecule has 0 saturated carbocycles. The normalized spacial score (nSPS) is 22.4. The number of pyridine rings is 1. The average Bonchev–Trinajstić information content (AvgIpc) is 3.15. The van der Waals surface area contributed by atoms with Gasteiger partial charge in [-0.3, -0.25) is 14.4 Å². The van der Waals surface area contributed by atoms with Crippen molar-refractivity contribution in [2.45, 2.75) is 12.3 Å². The summed E-state index contributed by atoms with van der Waals surface area (Å²) in [6.07, 6.45) is 8.59. The summed E-state index contributed by atoms with van der Waals surface area (Å²) in [5, 5.41) is 8.34. The summed E-state index contributed by atoms with van der Waals surface area (Å²) in [4.78, 5) is 43.2. The van der Waals surface area contributed by atoms with Gasteiger partial charge in [-0.05, 0) is 13.0 Å². The molecule has 0 saturated heterocycles. The van der Waals surface area contributed by atoms with Gasteiger partial charge in [-0.2, -0.15) is 9.66 Å². The Labute approximate surface area is 219 Å². The minimum Gasteiger partial charge on any atom is -0.293 e. The lowest BCUT2D eigenvalue weighted by Crippen LogP contribution is -2.49. The van der Waals surface area contributed by atoms with Gasteiger partial charge in [0, 0.05) is 5.56 Å². The van der Waals surface area contributed by atoms with Gasteiger partial charge in [-0.15, -0.1) is 16.7 Å². The number of hydrogen-bond donors (Lipinski definition) is 0. The molecule has 2 aromatic heterocycles. The molecule has 0 unspecified atom stereocenters. The van der Waals surface area contributed by atoms with Crippen molar-refractivity contribution in [1.82, 2.24) is 9.66 Å². The van der Waals surface area contributed by atoms with Crippen LogP contribution in [-0.4, -0.2) is 27.8 Å². The molecule has 3 atom stereocenters. The summed E-state index contributed by atoms with van der Waals surface area (Å²) < 4.78 is 4.23. The second-order valence-corrected chi connectivity index (χ2v) is 9.93. The number of fused-ring (bicyclic) bond motifs is 4. The van der Waals surface area contributed by atoms with Gasteiger partial charge >= 0.3 is 0 Å². The van der Waals surface area contributed by atoms with E-state index in [1.54, 1.807) is 60.3 Å². The molecule has 36 heavy (non-hydrogen) atoms. The molecule has 0 N–H and O–H groups in total. The quantitative estimate of drug-likeness (QED) is 0.208. The molecule has 2 aliphatic carbocycles. The Morgan fingerprint density at radius 3 is 2.58 bits per heavy atom. The number of alkyl halides is 1. The second-order valence-electron chi connectivity index (χ2n) is 8.63. The van der Waals surface area contributed by atoms with Crippen LogP contribution >= 0.6 is 35.0 Å². The molecule has 3 aromatic rings. The van der Waals surface area contributed by atoms with Crippen LogP contribution < -0.4 is 14.8 Å². The number of nitrogens with zero attached hydrogens (tertiary/aromatic N) is 6. The first kappa shape index (κ1) is 23.0. The van der Waals surface area contributed by atoms with Crippen molar-refractivity contribution >= 4 is 63.1 Å². The van der Waals surface area contributed by atoms with Crippen LogP contribution in [-0.2, 0) is 0 Å². The van der Waals surface area contributed by atoms with Crippen molar-refractivity contribution < 1.29 is 14.3 Å². The van der Waals surface area contributed by atoms with Crippen molar-refractivity contribution in [2.75, 3.05) is 11.1 Å². The van der Waals surface area contributed by atoms with Crippen molar-refractivity contribution in [3.05, 3.63) is 86.7 Å². The Morgan fingerprint density at radius 2 is 1.83 bits per heavy atom. The van der Waals surface area contributed by atoms with Crippen LogP contribution in [0.25, 0.3) is 10.9 Å². The molecule has 3 aliphatic rings. The number of Topliss-reactive ketones (excluding diaryl/α,β-unsaturated/α-hetero) is 2. The maximum absolute atomic E-state index is 13.3. The number of allylic oxidation sites excluding steroid dienone is 4. The Kier molecular flexibility index (Phi) is 5.33. The average molecular weight is 543 g/mol. The number of rotatable bonds is 2. The predicted octanol–water partition coefficient (Wildman–Crippen LogP) is 4.32. The molecule has 12 heteroatoms. The Hall–Kier alpha value is -3.40. The SMILES string of the molecule is Cc1nc(=O)c2c(Cl)c3[n+](cc2n1N=Nc1cccc2c1C(=O)[C@@H]1C=CC=C[C@H]1C2=O)N(Cl)C[C@H]3Cl. The van der Waals surface area contributed by atoms with E-state index in [2.05, 4.69) is 15.3 Å². The first-order valence-corrected chi connectivity index (χ1v) is 12.2. The van der Waals surface area contributed by atoms with Crippen LogP contribution in [0.4, 0.5) is 5.69 Å². The van der Waals surface area contributed by atoms with Gasteiger partial charge in [-0.1, -0.05) is 62.5 Å². The van der Waals surface area contributed by atoms with Crippen molar-refractivity contribution in [2.24, 2.45) is 22.2 Å². The van der Waals surface area contributed by atoms with Gasteiger partial charge in [-0.25, -0.2) is 0 Å². The monoisotopic (exact) mass is 541 g/mol. The van der Waals surface area contributed by atoms with Crippen molar-refractivity contribution in [3.8, 4) is 0 Å². The summed E-state index contributed by atoms with van der Waals surface area (Å²) in [5.41, 5.74) is 0.984. The number of carbonyl (C=O) groups excluding carboxylic acids is 2. The fraction of sp³-hybridized carbons (Fsp3) is 0.208. The minimum absolute atomic E-state index is 0.119. The lowest BCUT2D eigenvalue weighted by molar-refractivity contribution is -0.671. The molecule has 0 fully saturated rings. The molecule has 0 amide bonds. The number of ketones is 2. The van der Waals surface area contributed by atoms with Gasteiger partial charge in [0.25, 0.3) is 11.3 Å². The van der Waals surface area contributed by atoms with Gasteiger partial charge in [0.2, 0.25) is 6.20 Å². The highest BCUT2D eigenvalue weighted by molar-refractivity contribution is 6.37. The Morgan fingerprint density at radius 1 is 1.11 bits per heavy atom. The van der Waals surface area contributed by atoms with Crippen LogP contribution in [0, 0.1) is 18.8 Å². The first-order chi connectivity index (χ1) is 17.3. The van der Waals surface area contributed by atoms with E-state index in [-0.39, 0.29) is 45.6 Å². The number of aryl methyl sites for hydroxylation is 1. The van der Waals surface area contributed by atoms with Gasteiger partial charge < -0.3 is 0 Å². The van der Waals surface area contributed by atoms with E-state index in [0.717, 1.165) is 0 Å². The molecule has 6 rings (SSSR count). The zero-order valence-corrected chi connectivity index (χ0v) is 20.9. The third-order valence-corrected chi connectivity index (χ3v) is 7.61. The number of carbonyl (C=O) groups is 2. The summed E-state index contributed by atoms with van der Waals surface area (Å²) in [6.45, 7) is 1.87. The zero-order chi connectivity index (χ0) is 25.3. The molecule has 0 radical (unpaired) electrons. The van der Waals surface area contributed by atoms with E-state index in [4.69, 9.17) is 35.0 Å². The summed E-state index contributed by atoms with van der Waals surface area (Å²) in [5.74, 6) is -1.22. The molecule has 1 aromatic carbocycles. The summed E-state index contributed by atoms with van der Waals surface area (Å²) in [6, 6.07) is 4.89. The zero-order valence-electron chi connectivity index (χ0n) is 18.6. The molecular weight excluding hydrogens is 527 g/mol. The molecular formula is C24H16Cl3N6O3+. The first-order valence-electron chi connectivity index (χ1n) is 11.0. The largest absolute Gasteiger partial charge is 0.293 e. The van der Waals surface area contributed by atoms with Crippen LogP contribution in [0.2, 0.25) is 5.02 Å². The van der Waals surface area contributed by atoms with Crippen LogP contribution in [0.3, 0.4) is 0 Å². The number of aromatic nitrogens is 3. The number of benzene rings is 1. The molecule has 9 nitrogen and oxygen atoms in total. The van der Waals surface area contributed by atoms with Crippen LogP contribution in [0.1, 0.15) is 37.6 Å². The molecule has 1 aliphatic heterocycles. The van der Waals surface area contributed by atoms with Crippen LogP contribution in [0.15, 0.2) is 63.8 Å². The van der Waals surface area contributed by atoms with Crippen LogP contribution in [0.5, 0.6) is 0 Å². The van der Waals surface area contributed by atoms with E-state index in [0.29, 0.717) is 16.8 Å². The predicted molar refractivity (Wildman–Crippen MR) is 134 cm³/mol. The Balaban J connectivity index is 1.53. The van der Waals surface area contributed by atoms with E-state index < -0.39 is 22.8 Å². The fourth-order valence-corrected chi connectivity index (χ4v) is 6.02. The molecule has 0 bridgehead atoms. The highest BCUT2D eigenvalue weighted by atomic mass is 35.5. The number of halogens is 3. The third-order valence-electron chi connectivity index (χ3n) is 6.58. The fourth-order valence-electron chi connectivity index (χ4n) is 4.89. The van der Waals surface area contributed by atoms with Gasteiger partial charge in [0.1, 0.15) is 28.3 Å². The minimum atomic E-state index is -0.584. The second kappa shape index (κ2) is 8.33. The van der Waals surface area contributed by atoms with E-state index in [1.165, 1.54) is 9.20 Å². The summed E-state index contributed by atoms with van der Waals surface area (Å²) >= 11 is 19.3.